The molecule has 0 aliphatic heterocycles. The zero-order valence-electron chi connectivity index (χ0n) is 9.91. The van der Waals surface area contributed by atoms with E-state index in [0.717, 1.165) is 12.1 Å². The van der Waals surface area contributed by atoms with E-state index in [0.29, 0.717) is 0 Å². The van der Waals surface area contributed by atoms with Gasteiger partial charge in [-0.25, -0.2) is 21.9 Å². The molecule has 1 rings (SSSR count). The van der Waals surface area contributed by atoms with Gasteiger partial charge in [0.05, 0.1) is 6.61 Å². The van der Waals surface area contributed by atoms with Crippen molar-refractivity contribution in [1.29, 1.82) is 0 Å². The Kier molecular flexibility index (Phi) is 4.60. The minimum absolute atomic E-state index is 0.123. The molecule has 0 saturated carbocycles. The normalized spacial score (nSPS) is 13.6. The van der Waals surface area contributed by atoms with Crippen LogP contribution in [0.3, 0.4) is 0 Å². The van der Waals surface area contributed by atoms with E-state index in [1.807, 2.05) is 0 Å². The average molecular weight is 280 g/mol. The Morgan fingerprint density at radius 3 is 2.61 bits per heavy atom. The van der Waals surface area contributed by atoms with Gasteiger partial charge in [-0.3, -0.25) is 0 Å². The van der Waals surface area contributed by atoms with Gasteiger partial charge < -0.3 is 10.5 Å². The van der Waals surface area contributed by atoms with Gasteiger partial charge in [-0.1, -0.05) is 0 Å². The molecule has 0 spiro atoms. The Bertz CT molecular complexity index is 534. The van der Waals surface area contributed by atoms with Gasteiger partial charge in [0, 0.05) is 13.2 Å². The molecular weight excluding hydrogens is 266 g/mol. The molecule has 0 heterocycles. The Labute approximate surface area is 104 Å². The third kappa shape index (κ3) is 3.15. The predicted molar refractivity (Wildman–Crippen MR) is 62.4 cm³/mol. The van der Waals surface area contributed by atoms with Gasteiger partial charge in [-0.15, -0.1) is 0 Å². The van der Waals surface area contributed by atoms with Gasteiger partial charge in [-0.2, -0.15) is 0 Å². The summed E-state index contributed by atoms with van der Waals surface area (Å²) in [6, 6.07) is 1.07. The van der Waals surface area contributed by atoms with Crippen LogP contribution in [0.15, 0.2) is 17.0 Å². The number of nitrogen functional groups attached to an aromatic ring is 1. The zero-order valence-corrected chi connectivity index (χ0v) is 10.7. The average Bonchev–Trinajstić information content (AvgIpc) is 2.25. The molecule has 5 nitrogen and oxygen atoms in total. The van der Waals surface area contributed by atoms with Crippen molar-refractivity contribution in [2.24, 2.45) is 0 Å². The summed E-state index contributed by atoms with van der Waals surface area (Å²) in [4.78, 5) is -0.690. The van der Waals surface area contributed by atoms with Crippen molar-refractivity contribution in [2.75, 3.05) is 19.5 Å². The summed E-state index contributed by atoms with van der Waals surface area (Å²) in [6.45, 7) is 1.67. The Balaban J connectivity index is 3.10. The largest absolute Gasteiger partial charge is 0.394 e. The topological polar surface area (TPSA) is 81.4 Å². The number of benzene rings is 1. The lowest BCUT2D eigenvalue weighted by atomic mass is 10.3. The molecule has 0 fully saturated rings. The van der Waals surface area contributed by atoms with Crippen molar-refractivity contribution in [3.05, 3.63) is 23.8 Å². The van der Waals surface area contributed by atoms with E-state index in [1.165, 1.54) is 7.11 Å². The van der Waals surface area contributed by atoms with Crippen molar-refractivity contribution in [3.63, 3.8) is 0 Å². The van der Waals surface area contributed by atoms with E-state index in [2.05, 4.69) is 4.72 Å². The smallest absolute Gasteiger partial charge is 0.243 e. The van der Waals surface area contributed by atoms with E-state index >= 15 is 0 Å². The second kappa shape index (κ2) is 5.59. The van der Waals surface area contributed by atoms with Crippen molar-refractivity contribution in [1.82, 2.24) is 4.72 Å². The van der Waals surface area contributed by atoms with Gasteiger partial charge in [-0.05, 0) is 19.1 Å². The van der Waals surface area contributed by atoms with E-state index in [4.69, 9.17) is 10.5 Å². The first-order valence-corrected chi connectivity index (χ1v) is 6.52. The molecule has 0 aliphatic carbocycles. The lowest BCUT2D eigenvalue weighted by molar-refractivity contribution is 0.180. The molecule has 0 bridgehead atoms. The number of halogens is 2. The fraction of sp³-hybridized carbons (Fsp3) is 0.400. The first-order chi connectivity index (χ1) is 8.29. The van der Waals surface area contributed by atoms with Crippen molar-refractivity contribution < 1.29 is 21.9 Å². The van der Waals surface area contributed by atoms with Gasteiger partial charge in [0.15, 0.2) is 5.82 Å². The van der Waals surface area contributed by atoms with Crippen LogP contribution in [0.2, 0.25) is 0 Å². The highest BCUT2D eigenvalue weighted by Gasteiger charge is 2.24. The second-order valence-corrected chi connectivity index (χ2v) is 5.43. The Hall–Kier alpha value is -1.25. The quantitative estimate of drug-likeness (QED) is 0.784. The van der Waals surface area contributed by atoms with E-state index in [-0.39, 0.29) is 6.61 Å². The molecule has 0 amide bonds. The highest BCUT2D eigenvalue weighted by atomic mass is 32.2. The maximum Gasteiger partial charge on any atom is 0.243 e. The summed E-state index contributed by atoms with van der Waals surface area (Å²) in [5, 5.41) is 0. The van der Waals surface area contributed by atoms with Crippen LogP contribution in [0.1, 0.15) is 6.92 Å². The van der Waals surface area contributed by atoms with Crippen LogP contribution in [0.4, 0.5) is 14.5 Å². The minimum atomic E-state index is -4.10. The molecule has 1 atom stereocenters. The highest BCUT2D eigenvalue weighted by molar-refractivity contribution is 7.89. The van der Waals surface area contributed by atoms with Gasteiger partial charge in [0.25, 0.3) is 0 Å². The number of hydrogen-bond donors (Lipinski definition) is 2. The molecule has 0 radical (unpaired) electrons. The summed E-state index contributed by atoms with van der Waals surface area (Å²) in [5.41, 5.74) is 4.28. The van der Waals surface area contributed by atoms with Gasteiger partial charge in [0.2, 0.25) is 10.0 Å². The van der Waals surface area contributed by atoms with Crippen LogP contribution in [-0.2, 0) is 14.8 Å². The maximum atomic E-state index is 13.6. The van der Waals surface area contributed by atoms with Crippen LogP contribution in [0, 0.1) is 11.6 Å². The third-order valence-electron chi connectivity index (χ3n) is 2.15. The van der Waals surface area contributed by atoms with Crippen molar-refractivity contribution >= 4 is 15.7 Å². The van der Waals surface area contributed by atoms with Crippen LogP contribution >= 0.6 is 0 Å². The molecule has 1 aromatic rings. The van der Waals surface area contributed by atoms with E-state index < -0.39 is 38.3 Å². The number of ether oxygens (including phenoxy) is 1. The van der Waals surface area contributed by atoms with Gasteiger partial charge >= 0.3 is 0 Å². The fourth-order valence-corrected chi connectivity index (χ4v) is 2.69. The van der Waals surface area contributed by atoms with Crippen LogP contribution in [-0.4, -0.2) is 28.2 Å². The highest BCUT2D eigenvalue weighted by Crippen LogP contribution is 2.22. The number of nitrogens with two attached hydrogens (primary N) is 1. The van der Waals surface area contributed by atoms with Crippen molar-refractivity contribution in [2.45, 2.75) is 17.9 Å². The number of sulfonamides is 1. The maximum absolute atomic E-state index is 13.6. The minimum Gasteiger partial charge on any atom is -0.394 e. The first-order valence-electron chi connectivity index (χ1n) is 5.04. The number of nitrogens with one attached hydrogen (secondary N) is 1. The molecule has 1 aromatic carbocycles. The molecule has 0 aliphatic rings. The van der Waals surface area contributed by atoms with E-state index in [9.17, 15) is 17.2 Å². The summed E-state index contributed by atoms with van der Waals surface area (Å²) in [7, 11) is -2.70. The lowest BCUT2D eigenvalue weighted by Gasteiger charge is -2.14. The third-order valence-corrected chi connectivity index (χ3v) is 3.76. The standard InChI is InChI=1S/C10H14F2N2O3S/c1-6(5-17-2)14-18(15,16)8-4-3-7(11)10(13)9(8)12/h3-4,6,14H,5,13H2,1-2H3. The summed E-state index contributed by atoms with van der Waals surface area (Å²) in [6.07, 6.45) is 0. The molecule has 102 valence electrons. The molecule has 0 aromatic heterocycles. The van der Waals surface area contributed by atoms with Crippen LogP contribution in [0.25, 0.3) is 0 Å². The fourth-order valence-electron chi connectivity index (χ4n) is 1.37. The SMILES string of the molecule is COCC(C)NS(=O)(=O)c1ccc(F)c(N)c1F. The zero-order chi connectivity index (χ0) is 13.9. The molecular formula is C10H14F2N2O3S. The molecule has 1 unspecified atom stereocenters. The van der Waals surface area contributed by atoms with Crippen LogP contribution in [0.5, 0.6) is 0 Å². The molecule has 3 N–H and O–H groups in total. The Morgan fingerprint density at radius 1 is 1.44 bits per heavy atom. The molecule has 8 heteroatoms. The number of anilines is 1. The number of rotatable bonds is 5. The summed E-state index contributed by atoms with van der Waals surface area (Å²) in [5.74, 6) is -2.30. The first kappa shape index (κ1) is 14.8. The number of methoxy groups -OCH3 is 1. The predicted octanol–water partition coefficient (Wildman–Crippen LogP) is 0.860. The van der Waals surface area contributed by atoms with Crippen LogP contribution < -0.4 is 10.5 Å². The number of hydrogen-bond acceptors (Lipinski definition) is 4. The monoisotopic (exact) mass is 280 g/mol. The molecule has 0 saturated heterocycles. The summed E-state index contributed by atoms with van der Waals surface area (Å²) >= 11 is 0. The van der Waals surface area contributed by atoms with Gasteiger partial charge in [0.1, 0.15) is 16.4 Å². The van der Waals surface area contributed by atoms with E-state index in [1.54, 1.807) is 6.92 Å². The molecule has 18 heavy (non-hydrogen) atoms. The Morgan fingerprint density at radius 2 is 2.06 bits per heavy atom. The van der Waals surface area contributed by atoms with Crippen molar-refractivity contribution in [3.8, 4) is 0 Å². The second-order valence-electron chi connectivity index (χ2n) is 3.75. The lowest BCUT2D eigenvalue weighted by Crippen LogP contribution is -2.36. The summed E-state index contributed by atoms with van der Waals surface area (Å²) < 4.78 is 57.1.